The fourth-order valence-electron chi connectivity index (χ4n) is 1.95. The molecule has 0 amide bonds. The zero-order valence-corrected chi connectivity index (χ0v) is 8.33. The largest absolute Gasteiger partial charge is 0.394 e. The third-order valence-corrected chi connectivity index (χ3v) is 3.14. The monoisotopic (exact) mass is 185 g/mol. The molecule has 1 aliphatic carbocycles. The van der Waals surface area contributed by atoms with Crippen molar-refractivity contribution in [3.63, 3.8) is 0 Å². The van der Waals surface area contributed by atoms with Gasteiger partial charge in [-0.2, -0.15) is 0 Å². The van der Waals surface area contributed by atoms with Gasteiger partial charge in [-0.1, -0.05) is 6.92 Å². The van der Waals surface area contributed by atoms with Gasteiger partial charge in [0, 0.05) is 19.6 Å². The second-order valence-corrected chi connectivity index (χ2v) is 4.72. The van der Waals surface area contributed by atoms with E-state index in [1.165, 1.54) is 19.4 Å². The van der Waals surface area contributed by atoms with Crippen LogP contribution in [0.1, 0.15) is 19.8 Å². The molecule has 1 saturated heterocycles. The highest BCUT2D eigenvalue weighted by Gasteiger charge is 2.39. The number of morpholine rings is 1. The van der Waals surface area contributed by atoms with Gasteiger partial charge in [-0.15, -0.1) is 0 Å². The molecule has 1 saturated carbocycles. The number of rotatable bonds is 3. The molecule has 0 aromatic carbocycles. The van der Waals surface area contributed by atoms with Gasteiger partial charge in [0.2, 0.25) is 0 Å². The van der Waals surface area contributed by atoms with Gasteiger partial charge in [0.05, 0.1) is 19.3 Å². The molecule has 3 heteroatoms. The normalized spacial score (nSPS) is 33.2. The summed E-state index contributed by atoms with van der Waals surface area (Å²) in [6, 6.07) is 0. The van der Waals surface area contributed by atoms with Gasteiger partial charge in [0.1, 0.15) is 0 Å². The molecule has 1 unspecified atom stereocenters. The van der Waals surface area contributed by atoms with Crippen molar-refractivity contribution in [2.75, 3.05) is 32.8 Å². The number of aliphatic hydroxyl groups excluding tert-OH is 1. The Morgan fingerprint density at radius 2 is 2.31 bits per heavy atom. The van der Waals surface area contributed by atoms with Gasteiger partial charge in [-0.3, -0.25) is 4.90 Å². The minimum absolute atomic E-state index is 0.0519. The average Bonchev–Trinajstić information content (AvgIpc) is 2.84. The SMILES string of the molecule is CC1(CN2CCOC(CO)C2)CC1. The summed E-state index contributed by atoms with van der Waals surface area (Å²) >= 11 is 0. The molecule has 0 aromatic heterocycles. The summed E-state index contributed by atoms with van der Waals surface area (Å²) in [5, 5.41) is 8.97. The maximum atomic E-state index is 8.97. The second-order valence-electron chi connectivity index (χ2n) is 4.72. The molecule has 2 rings (SSSR count). The quantitative estimate of drug-likeness (QED) is 0.694. The average molecular weight is 185 g/mol. The van der Waals surface area contributed by atoms with Crippen molar-refractivity contribution < 1.29 is 9.84 Å². The Morgan fingerprint density at radius 3 is 2.92 bits per heavy atom. The molecule has 1 atom stereocenters. The van der Waals surface area contributed by atoms with Crippen LogP contribution in [-0.4, -0.2) is 49.0 Å². The Labute approximate surface area is 79.7 Å². The maximum absolute atomic E-state index is 8.97. The molecule has 0 spiro atoms. The van der Waals surface area contributed by atoms with Gasteiger partial charge >= 0.3 is 0 Å². The van der Waals surface area contributed by atoms with Crippen LogP contribution in [-0.2, 0) is 4.74 Å². The van der Waals surface area contributed by atoms with Gasteiger partial charge in [0.15, 0.2) is 0 Å². The molecule has 1 heterocycles. The first-order valence-corrected chi connectivity index (χ1v) is 5.17. The summed E-state index contributed by atoms with van der Waals surface area (Å²) in [6.45, 7) is 6.41. The highest BCUT2D eigenvalue weighted by atomic mass is 16.5. The van der Waals surface area contributed by atoms with Crippen LogP contribution in [0.4, 0.5) is 0 Å². The number of hydrogen-bond donors (Lipinski definition) is 1. The molecule has 0 aromatic rings. The topological polar surface area (TPSA) is 32.7 Å². The summed E-state index contributed by atoms with van der Waals surface area (Å²) in [5.41, 5.74) is 0.581. The van der Waals surface area contributed by atoms with E-state index in [1.807, 2.05) is 0 Å². The fraction of sp³-hybridized carbons (Fsp3) is 1.00. The van der Waals surface area contributed by atoms with E-state index >= 15 is 0 Å². The first kappa shape index (κ1) is 9.44. The minimum Gasteiger partial charge on any atom is -0.394 e. The lowest BCUT2D eigenvalue weighted by Crippen LogP contribution is -2.45. The van der Waals surface area contributed by atoms with Crippen molar-refractivity contribution in [2.24, 2.45) is 5.41 Å². The van der Waals surface area contributed by atoms with E-state index in [0.717, 1.165) is 19.7 Å². The third kappa shape index (κ3) is 2.42. The Hall–Kier alpha value is -0.120. The molecule has 2 fully saturated rings. The summed E-state index contributed by atoms with van der Waals surface area (Å²) in [4.78, 5) is 2.43. The Bertz CT molecular complexity index is 180. The summed E-state index contributed by atoms with van der Waals surface area (Å²) < 4.78 is 5.40. The van der Waals surface area contributed by atoms with E-state index in [1.54, 1.807) is 0 Å². The molecule has 1 aliphatic heterocycles. The molecule has 13 heavy (non-hydrogen) atoms. The van der Waals surface area contributed by atoms with Crippen LogP contribution < -0.4 is 0 Å². The van der Waals surface area contributed by atoms with Crippen LogP contribution >= 0.6 is 0 Å². The van der Waals surface area contributed by atoms with Gasteiger partial charge in [0.25, 0.3) is 0 Å². The number of hydrogen-bond acceptors (Lipinski definition) is 3. The van der Waals surface area contributed by atoms with Crippen molar-refractivity contribution in [1.29, 1.82) is 0 Å². The van der Waals surface area contributed by atoms with E-state index in [2.05, 4.69) is 11.8 Å². The van der Waals surface area contributed by atoms with Crippen molar-refractivity contribution in [3.05, 3.63) is 0 Å². The standard InChI is InChI=1S/C10H19NO2/c1-10(2-3-10)8-11-4-5-13-9(6-11)7-12/h9,12H,2-8H2,1H3. The lowest BCUT2D eigenvalue weighted by Gasteiger charge is -2.33. The second kappa shape index (κ2) is 3.56. The van der Waals surface area contributed by atoms with Crippen LogP contribution in [0.25, 0.3) is 0 Å². The predicted molar refractivity (Wildman–Crippen MR) is 50.6 cm³/mol. The molecule has 2 aliphatic rings. The summed E-state index contributed by atoms with van der Waals surface area (Å²) in [7, 11) is 0. The van der Waals surface area contributed by atoms with Crippen LogP contribution in [0.5, 0.6) is 0 Å². The van der Waals surface area contributed by atoms with E-state index in [4.69, 9.17) is 9.84 Å². The Morgan fingerprint density at radius 1 is 1.54 bits per heavy atom. The lowest BCUT2D eigenvalue weighted by molar-refractivity contribution is -0.0566. The molecular weight excluding hydrogens is 166 g/mol. The maximum Gasteiger partial charge on any atom is 0.0932 e. The molecule has 0 radical (unpaired) electrons. The van der Waals surface area contributed by atoms with Crippen LogP contribution in [0.2, 0.25) is 0 Å². The van der Waals surface area contributed by atoms with Crippen LogP contribution in [0.3, 0.4) is 0 Å². The third-order valence-electron chi connectivity index (χ3n) is 3.14. The van der Waals surface area contributed by atoms with Crippen molar-refractivity contribution >= 4 is 0 Å². The van der Waals surface area contributed by atoms with E-state index < -0.39 is 0 Å². The van der Waals surface area contributed by atoms with E-state index in [9.17, 15) is 0 Å². The van der Waals surface area contributed by atoms with Crippen molar-refractivity contribution in [3.8, 4) is 0 Å². The molecule has 1 N–H and O–H groups in total. The van der Waals surface area contributed by atoms with Gasteiger partial charge in [-0.25, -0.2) is 0 Å². The van der Waals surface area contributed by atoms with Crippen LogP contribution in [0.15, 0.2) is 0 Å². The Kier molecular flexibility index (Phi) is 2.58. The van der Waals surface area contributed by atoms with Crippen molar-refractivity contribution in [2.45, 2.75) is 25.9 Å². The highest BCUT2D eigenvalue weighted by Crippen LogP contribution is 2.45. The lowest BCUT2D eigenvalue weighted by atomic mass is 10.1. The number of nitrogens with zero attached hydrogens (tertiary/aromatic N) is 1. The van der Waals surface area contributed by atoms with Gasteiger partial charge < -0.3 is 9.84 Å². The predicted octanol–water partition coefficient (Wildman–Crippen LogP) is 0.480. The smallest absolute Gasteiger partial charge is 0.0932 e. The van der Waals surface area contributed by atoms with Crippen molar-refractivity contribution in [1.82, 2.24) is 4.90 Å². The minimum atomic E-state index is 0.0519. The first-order valence-electron chi connectivity index (χ1n) is 5.17. The molecular formula is C10H19NO2. The zero-order chi connectivity index (χ0) is 9.31. The molecule has 0 bridgehead atoms. The fourth-order valence-corrected chi connectivity index (χ4v) is 1.95. The summed E-state index contributed by atoms with van der Waals surface area (Å²) in [5.74, 6) is 0. The highest BCUT2D eigenvalue weighted by molar-refractivity contribution is 4.92. The van der Waals surface area contributed by atoms with Gasteiger partial charge in [-0.05, 0) is 18.3 Å². The Balaban J connectivity index is 1.78. The first-order chi connectivity index (χ1) is 6.22. The summed E-state index contributed by atoms with van der Waals surface area (Å²) in [6.07, 6.45) is 2.79. The van der Waals surface area contributed by atoms with E-state index in [0.29, 0.717) is 5.41 Å². The molecule has 76 valence electrons. The molecule has 3 nitrogen and oxygen atoms in total. The van der Waals surface area contributed by atoms with E-state index in [-0.39, 0.29) is 12.7 Å². The number of ether oxygens (including phenoxy) is 1. The van der Waals surface area contributed by atoms with Crippen LogP contribution in [0, 0.1) is 5.41 Å². The number of aliphatic hydroxyl groups is 1. The zero-order valence-electron chi connectivity index (χ0n) is 8.33.